The number of hydrogen-bond donors (Lipinski definition) is 0. The predicted molar refractivity (Wildman–Crippen MR) is 50.5 cm³/mol. The number of benzene rings is 1. The highest BCUT2D eigenvalue weighted by Crippen LogP contribution is 2.24. The molecule has 0 spiro atoms. The molecule has 0 bridgehead atoms. The van der Waals surface area contributed by atoms with Crippen LogP contribution in [0.1, 0.15) is 0 Å². The molecule has 0 N–H and O–H groups in total. The van der Waals surface area contributed by atoms with E-state index in [0.717, 1.165) is 0 Å². The van der Waals surface area contributed by atoms with Gasteiger partial charge in [-0.3, -0.25) is 0 Å². The van der Waals surface area contributed by atoms with Crippen molar-refractivity contribution in [2.75, 3.05) is 0 Å². The third kappa shape index (κ3) is 3.20. The quantitative estimate of drug-likeness (QED) is 0.655. The van der Waals surface area contributed by atoms with E-state index in [-0.39, 0.29) is 5.69 Å². The average molecular weight is 242 g/mol. The molecule has 0 atom stereocenters. The second-order valence-electron chi connectivity index (χ2n) is 2.38. The largest absolute Gasteiger partial charge is 0.444 e. The molecule has 0 saturated heterocycles. The van der Waals surface area contributed by atoms with Crippen molar-refractivity contribution in [1.82, 2.24) is 0 Å². The van der Waals surface area contributed by atoms with Crippen LogP contribution in [0.4, 0.5) is 18.9 Å². The molecule has 0 saturated carbocycles. The lowest BCUT2D eigenvalue weighted by Crippen LogP contribution is -2.16. The van der Waals surface area contributed by atoms with Crippen molar-refractivity contribution in [2.45, 2.75) is 6.18 Å². The van der Waals surface area contributed by atoms with Gasteiger partial charge >= 0.3 is 6.18 Å². The fraction of sp³-hybridized carbons (Fsp3) is 0.125. The van der Waals surface area contributed by atoms with Gasteiger partial charge in [0.1, 0.15) is 0 Å². The summed E-state index contributed by atoms with van der Waals surface area (Å²) in [7, 11) is 0. The summed E-state index contributed by atoms with van der Waals surface area (Å²) in [6.07, 6.45) is -4.61. The van der Waals surface area contributed by atoms with Crippen LogP contribution in [0.2, 0.25) is 5.02 Å². The zero-order valence-electron chi connectivity index (χ0n) is 6.65. The van der Waals surface area contributed by atoms with Crippen molar-refractivity contribution in [2.24, 2.45) is 4.99 Å². The maximum Gasteiger partial charge on any atom is 0.444 e. The van der Waals surface area contributed by atoms with Crippen LogP contribution in [-0.2, 0) is 0 Å². The van der Waals surface area contributed by atoms with Gasteiger partial charge in [0, 0.05) is 5.02 Å². The van der Waals surface area contributed by atoms with Gasteiger partial charge in [0.2, 0.25) is 5.17 Å². The standard InChI is InChI=1S/C8H4Cl2F3N/c9-5-1-3-6(4-2-5)14-7(10)8(11,12)13/h1-4H/b14-7+. The predicted octanol–water partition coefficient (Wildman–Crippen LogP) is 4.17. The number of halogens is 5. The normalized spacial score (nSPS) is 13.1. The topological polar surface area (TPSA) is 12.4 Å². The molecule has 1 aromatic rings. The molecule has 0 amide bonds. The Labute approximate surface area is 88.2 Å². The van der Waals surface area contributed by atoms with E-state index in [9.17, 15) is 13.2 Å². The smallest absolute Gasteiger partial charge is 0.232 e. The first kappa shape index (κ1) is 11.3. The van der Waals surface area contributed by atoms with Crippen molar-refractivity contribution in [3.05, 3.63) is 29.3 Å². The van der Waals surface area contributed by atoms with E-state index in [0.29, 0.717) is 5.02 Å². The van der Waals surface area contributed by atoms with E-state index < -0.39 is 11.3 Å². The maximum absolute atomic E-state index is 11.9. The fourth-order valence-corrected chi connectivity index (χ4v) is 0.916. The number of aliphatic imine (C=N–C) groups is 1. The van der Waals surface area contributed by atoms with Gasteiger partial charge in [0.25, 0.3) is 0 Å². The van der Waals surface area contributed by atoms with Gasteiger partial charge in [0.05, 0.1) is 5.69 Å². The first-order chi connectivity index (χ1) is 6.39. The molecule has 0 aliphatic rings. The molecule has 0 heterocycles. The first-order valence-corrected chi connectivity index (χ1v) is 4.22. The van der Waals surface area contributed by atoms with Crippen molar-refractivity contribution >= 4 is 34.1 Å². The van der Waals surface area contributed by atoms with E-state index in [2.05, 4.69) is 4.99 Å². The van der Waals surface area contributed by atoms with Gasteiger partial charge < -0.3 is 0 Å². The second-order valence-corrected chi connectivity index (χ2v) is 3.17. The minimum absolute atomic E-state index is 0.108. The monoisotopic (exact) mass is 241 g/mol. The Morgan fingerprint density at radius 1 is 1.14 bits per heavy atom. The molecule has 0 radical (unpaired) electrons. The van der Waals surface area contributed by atoms with E-state index in [1.807, 2.05) is 0 Å². The number of hydrogen-bond acceptors (Lipinski definition) is 1. The summed E-state index contributed by atoms with van der Waals surface area (Å²) in [4.78, 5) is 3.17. The van der Waals surface area contributed by atoms with Crippen LogP contribution < -0.4 is 0 Å². The van der Waals surface area contributed by atoms with Crippen LogP contribution in [0, 0.1) is 0 Å². The van der Waals surface area contributed by atoms with Crippen LogP contribution in [0.15, 0.2) is 29.3 Å². The third-order valence-corrected chi connectivity index (χ3v) is 1.84. The zero-order chi connectivity index (χ0) is 10.8. The Morgan fingerprint density at radius 3 is 2.07 bits per heavy atom. The molecular formula is C8H4Cl2F3N. The Bertz CT molecular complexity index is 343. The molecule has 1 nitrogen and oxygen atoms in total. The molecule has 0 unspecified atom stereocenters. The third-order valence-electron chi connectivity index (χ3n) is 1.29. The van der Waals surface area contributed by atoms with Crippen LogP contribution in [-0.4, -0.2) is 11.3 Å². The average Bonchev–Trinajstić information content (AvgIpc) is 2.07. The molecule has 0 aromatic heterocycles. The highest BCUT2D eigenvalue weighted by Gasteiger charge is 2.34. The Balaban J connectivity index is 2.93. The number of alkyl halides is 3. The fourth-order valence-electron chi connectivity index (χ4n) is 0.692. The summed E-state index contributed by atoms with van der Waals surface area (Å²) in [5.41, 5.74) is 0.108. The van der Waals surface area contributed by atoms with E-state index in [4.69, 9.17) is 23.2 Å². The van der Waals surface area contributed by atoms with Crippen molar-refractivity contribution < 1.29 is 13.2 Å². The van der Waals surface area contributed by atoms with Gasteiger partial charge in [-0.05, 0) is 24.3 Å². The summed E-state index contributed by atoms with van der Waals surface area (Å²) in [5.74, 6) is 0. The van der Waals surface area contributed by atoms with E-state index in [1.54, 1.807) is 0 Å². The van der Waals surface area contributed by atoms with Crippen LogP contribution in [0.3, 0.4) is 0 Å². The molecule has 1 aromatic carbocycles. The minimum Gasteiger partial charge on any atom is -0.232 e. The lowest BCUT2D eigenvalue weighted by Gasteiger charge is -2.02. The van der Waals surface area contributed by atoms with E-state index in [1.165, 1.54) is 24.3 Å². The van der Waals surface area contributed by atoms with Crippen molar-refractivity contribution in [3.63, 3.8) is 0 Å². The lowest BCUT2D eigenvalue weighted by molar-refractivity contribution is -0.0558. The summed E-state index contributed by atoms with van der Waals surface area (Å²) in [6.45, 7) is 0. The molecule has 0 aliphatic carbocycles. The van der Waals surface area contributed by atoms with Gasteiger partial charge in [0.15, 0.2) is 0 Å². The molecule has 76 valence electrons. The SMILES string of the molecule is FC(F)(F)/C(Cl)=N\c1ccc(Cl)cc1. The highest BCUT2D eigenvalue weighted by molar-refractivity contribution is 6.67. The second kappa shape index (κ2) is 4.19. The Morgan fingerprint density at radius 2 is 1.64 bits per heavy atom. The number of rotatable bonds is 1. The summed E-state index contributed by atoms with van der Waals surface area (Å²) >= 11 is 10.5. The molecule has 0 fully saturated rings. The Kier molecular flexibility index (Phi) is 3.39. The first-order valence-electron chi connectivity index (χ1n) is 3.46. The van der Waals surface area contributed by atoms with Crippen molar-refractivity contribution in [1.29, 1.82) is 0 Å². The van der Waals surface area contributed by atoms with Crippen LogP contribution in [0.5, 0.6) is 0 Å². The molecule has 0 aliphatic heterocycles. The van der Waals surface area contributed by atoms with Crippen LogP contribution in [0.25, 0.3) is 0 Å². The minimum atomic E-state index is -4.61. The zero-order valence-corrected chi connectivity index (χ0v) is 8.16. The molecule has 1 rings (SSSR count). The summed E-state index contributed by atoms with van der Waals surface area (Å²) < 4.78 is 35.8. The molecule has 14 heavy (non-hydrogen) atoms. The lowest BCUT2D eigenvalue weighted by atomic mass is 10.3. The van der Waals surface area contributed by atoms with Crippen LogP contribution >= 0.6 is 23.2 Å². The molecular weight excluding hydrogens is 238 g/mol. The van der Waals surface area contributed by atoms with Crippen molar-refractivity contribution in [3.8, 4) is 0 Å². The summed E-state index contributed by atoms with van der Waals surface area (Å²) in [5, 5.41) is -0.980. The van der Waals surface area contributed by atoms with E-state index >= 15 is 0 Å². The summed E-state index contributed by atoms with van der Waals surface area (Å²) in [6, 6.07) is 5.55. The highest BCUT2D eigenvalue weighted by atomic mass is 35.5. The molecule has 6 heteroatoms. The van der Waals surface area contributed by atoms with Gasteiger partial charge in [-0.15, -0.1) is 0 Å². The van der Waals surface area contributed by atoms with Gasteiger partial charge in [-0.25, -0.2) is 4.99 Å². The Hall–Kier alpha value is -0.740. The number of nitrogens with zero attached hydrogens (tertiary/aromatic N) is 1. The van der Waals surface area contributed by atoms with Gasteiger partial charge in [-0.2, -0.15) is 13.2 Å². The maximum atomic E-state index is 11.9. The van der Waals surface area contributed by atoms with Gasteiger partial charge in [-0.1, -0.05) is 23.2 Å².